The first kappa shape index (κ1) is 23.5. The van der Waals surface area contributed by atoms with Crippen LogP contribution in [0, 0.1) is 12.3 Å². The van der Waals surface area contributed by atoms with Gasteiger partial charge in [-0.05, 0) is 119 Å². The maximum atomic E-state index is 13.5. The first-order valence-electron chi connectivity index (χ1n) is 12.4. The normalized spacial score (nSPS) is 20.2. The first-order valence-corrected chi connectivity index (χ1v) is 13.2. The number of hydrogen-bond acceptors (Lipinski definition) is 6. The number of nitrogens with one attached hydrogen (secondary N) is 2. The van der Waals surface area contributed by atoms with E-state index >= 15 is 0 Å². The molecule has 182 valence electrons. The van der Waals surface area contributed by atoms with Crippen LogP contribution < -0.4 is 14.9 Å². The Bertz CT molecular complexity index is 1090. The van der Waals surface area contributed by atoms with E-state index in [-0.39, 0.29) is 5.91 Å². The number of nitrogens with zero attached hydrogens (tertiary/aromatic N) is 2. The summed E-state index contributed by atoms with van der Waals surface area (Å²) in [6, 6.07) is 9.74. The number of piperidine rings is 1. The van der Waals surface area contributed by atoms with Crippen molar-refractivity contribution in [2.24, 2.45) is 5.41 Å². The van der Waals surface area contributed by atoms with Gasteiger partial charge in [-0.25, -0.2) is 4.98 Å². The number of pyridine rings is 1. The van der Waals surface area contributed by atoms with Gasteiger partial charge in [-0.1, -0.05) is 0 Å². The molecule has 34 heavy (non-hydrogen) atoms. The molecule has 5 rings (SSSR count). The van der Waals surface area contributed by atoms with Crippen LogP contribution in [0.2, 0.25) is 0 Å². The zero-order chi connectivity index (χ0) is 24.1. The molecule has 2 heterocycles. The summed E-state index contributed by atoms with van der Waals surface area (Å²) in [5.41, 5.74) is 3.66. The molecule has 1 amide bonds. The van der Waals surface area contributed by atoms with Gasteiger partial charge < -0.3 is 20.0 Å². The summed E-state index contributed by atoms with van der Waals surface area (Å²) in [5, 5.41) is 13.4. The Balaban J connectivity index is 1.40. The molecule has 1 aliphatic heterocycles. The highest BCUT2D eigenvalue weighted by Gasteiger charge is 2.44. The Morgan fingerprint density at radius 2 is 1.79 bits per heavy atom. The Kier molecular flexibility index (Phi) is 5.84. The number of hydrogen-bond donors (Lipinski definition) is 3. The van der Waals surface area contributed by atoms with Gasteiger partial charge in [-0.15, -0.1) is 0 Å². The Morgan fingerprint density at radius 3 is 2.41 bits per heavy atom. The minimum absolute atomic E-state index is 0.171. The predicted molar refractivity (Wildman–Crippen MR) is 141 cm³/mol. The minimum atomic E-state index is -1.08. The monoisotopic (exact) mass is 480 g/mol. The van der Waals surface area contributed by atoms with Crippen LogP contribution in [-0.4, -0.2) is 33.8 Å². The second-order valence-electron chi connectivity index (χ2n) is 11.3. The van der Waals surface area contributed by atoms with Crippen molar-refractivity contribution in [2.45, 2.75) is 76.6 Å². The van der Waals surface area contributed by atoms with Crippen LogP contribution in [0.15, 0.2) is 30.3 Å². The summed E-state index contributed by atoms with van der Waals surface area (Å²) in [6.07, 6.45) is 7.59. The van der Waals surface area contributed by atoms with Gasteiger partial charge >= 0.3 is 0 Å². The number of anilines is 3. The lowest BCUT2D eigenvalue weighted by molar-refractivity contribution is 0.0738. The highest BCUT2D eigenvalue weighted by molar-refractivity contribution is 8.02. The maximum absolute atomic E-state index is 13.5. The number of aliphatic hydroxyl groups is 1. The molecule has 2 aromatic rings. The summed E-state index contributed by atoms with van der Waals surface area (Å²) < 4.78 is 3.85. The van der Waals surface area contributed by atoms with Crippen molar-refractivity contribution < 1.29 is 9.90 Å². The molecular weight excluding hydrogens is 444 g/mol. The van der Waals surface area contributed by atoms with Gasteiger partial charge in [-0.2, -0.15) is 0 Å². The third-order valence-electron chi connectivity index (χ3n) is 7.57. The number of carbonyl (C=O) groups excluding carboxylic acids is 1. The zero-order valence-electron chi connectivity index (χ0n) is 20.7. The molecule has 1 spiro atoms. The quantitative estimate of drug-likeness (QED) is 0.431. The molecule has 0 radical (unpaired) electrons. The van der Waals surface area contributed by atoms with Gasteiger partial charge in [0, 0.05) is 23.5 Å². The zero-order valence-corrected chi connectivity index (χ0v) is 21.5. The number of carbonyl (C=O) groups is 1. The van der Waals surface area contributed by atoms with E-state index in [9.17, 15) is 9.90 Å². The molecule has 3 fully saturated rings. The van der Waals surface area contributed by atoms with Crippen molar-refractivity contribution in [2.75, 3.05) is 28.0 Å². The second-order valence-corrected chi connectivity index (χ2v) is 12.7. The van der Waals surface area contributed by atoms with Gasteiger partial charge in [0.05, 0.1) is 16.9 Å². The summed E-state index contributed by atoms with van der Waals surface area (Å²) >= 11 is 1.78. The van der Waals surface area contributed by atoms with Crippen LogP contribution >= 0.6 is 11.9 Å². The molecule has 1 aromatic heterocycles. The molecule has 2 saturated carbocycles. The van der Waals surface area contributed by atoms with Gasteiger partial charge in [0.15, 0.2) is 0 Å². The van der Waals surface area contributed by atoms with Gasteiger partial charge in [0.2, 0.25) is 0 Å². The highest BCUT2D eigenvalue weighted by Crippen LogP contribution is 2.54. The fraction of sp³-hybridized carbons (Fsp3) is 0.556. The molecule has 6 nitrogen and oxygen atoms in total. The molecule has 7 heteroatoms. The summed E-state index contributed by atoms with van der Waals surface area (Å²) in [5.74, 6) is 0.290. The number of amides is 1. The first-order chi connectivity index (χ1) is 16.0. The van der Waals surface area contributed by atoms with Crippen molar-refractivity contribution in [3.8, 4) is 0 Å². The topological polar surface area (TPSA) is 77.5 Å². The summed E-state index contributed by atoms with van der Waals surface area (Å²) in [7, 11) is 0. The van der Waals surface area contributed by atoms with E-state index < -0.39 is 5.60 Å². The van der Waals surface area contributed by atoms with Crippen LogP contribution in [-0.2, 0) is 5.60 Å². The van der Waals surface area contributed by atoms with Crippen LogP contribution in [0.5, 0.6) is 0 Å². The van der Waals surface area contributed by atoms with E-state index in [4.69, 9.17) is 0 Å². The largest absolute Gasteiger partial charge is 0.384 e. The molecular formula is C27H36N4O2S. The van der Waals surface area contributed by atoms with Crippen molar-refractivity contribution in [1.82, 2.24) is 4.98 Å². The number of rotatable bonds is 7. The van der Waals surface area contributed by atoms with Crippen molar-refractivity contribution in [1.29, 1.82) is 0 Å². The fourth-order valence-electron chi connectivity index (χ4n) is 4.64. The molecule has 3 N–H and O–H groups in total. The van der Waals surface area contributed by atoms with Gasteiger partial charge in [0.25, 0.3) is 5.91 Å². The Morgan fingerprint density at radius 1 is 1.09 bits per heavy atom. The number of aryl methyl sites for hydroxylation is 1. The van der Waals surface area contributed by atoms with Crippen molar-refractivity contribution >= 4 is 35.0 Å². The average Bonchev–Trinajstić information content (AvgIpc) is 3.71. The van der Waals surface area contributed by atoms with Crippen LogP contribution in [0.4, 0.5) is 17.2 Å². The molecule has 3 aliphatic rings. The van der Waals surface area contributed by atoms with Crippen LogP contribution in [0.1, 0.15) is 80.9 Å². The second kappa shape index (κ2) is 8.45. The molecule has 2 aliphatic carbocycles. The maximum Gasteiger partial charge on any atom is 0.258 e. The smallest absolute Gasteiger partial charge is 0.258 e. The summed E-state index contributed by atoms with van der Waals surface area (Å²) in [4.78, 5) is 20.3. The van der Waals surface area contributed by atoms with Gasteiger partial charge in [0.1, 0.15) is 11.4 Å². The molecule has 0 unspecified atom stereocenters. The van der Waals surface area contributed by atoms with E-state index in [0.717, 1.165) is 30.0 Å². The summed E-state index contributed by atoms with van der Waals surface area (Å²) in [6.45, 7) is 9.60. The van der Waals surface area contributed by atoms with Crippen LogP contribution in [0.3, 0.4) is 0 Å². The lowest BCUT2D eigenvalue weighted by atomic mass is 9.93. The van der Waals surface area contributed by atoms with Crippen molar-refractivity contribution in [3.63, 3.8) is 0 Å². The van der Waals surface area contributed by atoms with E-state index in [2.05, 4.69) is 32.9 Å². The molecule has 0 bridgehead atoms. The molecule has 1 aromatic carbocycles. The lowest BCUT2D eigenvalue weighted by Gasteiger charge is -2.35. The highest BCUT2D eigenvalue weighted by atomic mass is 32.2. The van der Waals surface area contributed by atoms with Crippen molar-refractivity contribution in [3.05, 3.63) is 47.2 Å². The minimum Gasteiger partial charge on any atom is -0.384 e. The van der Waals surface area contributed by atoms with E-state index in [1.54, 1.807) is 25.8 Å². The average molecular weight is 481 g/mol. The molecule has 1 saturated heterocycles. The Labute approximate surface area is 207 Å². The third-order valence-corrected chi connectivity index (χ3v) is 8.81. The third kappa shape index (κ3) is 5.20. The standard InChI is InChI=1S/C27H36N4O2S/c1-18-15-22(25(2,3)33)28-23(16-18)29-24(32)20-6-5-19(30-34-26(4)7-8-26)17-21(20)31-13-11-27(9-10-27)12-14-31/h5-6,15-17,30,33H,7-14H2,1-4H3,(H,28,29,32). The lowest BCUT2D eigenvalue weighted by Crippen LogP contribution is -2.35. The number of benzene rings is 1. The van der Waals surface area contributed by atoms with E-state index in [1.807, 2.05) is 31.2 Å². The van der Waals surface area contributed by atoms with E-state index in [0.29, 0.717) is 27.2 Å². The number of aromatic nitrogens is 1. The van der Waals surface area contributed by atoms with Crippen LogP contribution in [0.25, 0.3) is 0 Å². The van der Waals surface area contributed by atoms with E-state index in [1.165, 1.54) is 38.5 Å². The fourth-order valence-corrected chi connectivity index (χ4v) is 5.43. The SMILES string of the molecule is Cc1cc(NC(=O)c2ccc(NSC3(C)CC3)cc2N2CCC3(CC2)CC3)nc(C(C)(C)O)c1. The predicted octanol–water partition coefficient (Wildman–Crippen LogP) is 5.86. The van der Waals surface area contributed by atoms with Gasteiger partial charge in [-0.3, -0.25) is 4.79 Å². The Hall–Kier alpha value is -2.25. The molecule has 0 atom stereocenters.